The summed E-state index contributed by atoms with van der Waals surface area (Å²) in [4.78, 5) is 2.42. The number of benzene rings is 9. The molecule has 9 aromatic rings. The molecule has 0 spiro atoms. The fourth-order valence-corrected chi connectivity index (χ4v) is 9.06. The number of rotatable bonds is 3. The molecule has 2 heteroatoms. The lowest BCUT2D eigenvalue weighted by Gasteiger charge is -2.35. The van der Waals surface area contributed by atoms with E-state index in [9.17, 15) is 0 Å². The average molecular weight is 678 g/mol. The Labute approximate surface area is 309 Å². The van der Waals surface area contributed by atoms with Crippen molar-refractivity contribution in [3.8, 4) is 44.9 Å². The number of hydrogen-bond acceptors (Lipinski definition) is 2. The van der Waals surface area contributed by atoms with Gasteiger partial charge in [-0.3, -0.25) is 0 Å². The van der Waals surface area contributed by atoms with Crippen LogP contribution in [0.1, 0.15) is 25.0 Å². The molecule has 250 valence electrons. The zero-order valence-corrected chi connectivity index (χ0v) is 29.6. The van der Waals surface area contributed by atoms with Gasteiger partial charge in [0, 0.05) is 16.2 Å². The summed E-state index contributed by atoms with van der Waals surface area (Å²) < 4.78 is 6.51. The van der Waals surface area contributed by atoms with Gasteiger partial charge in [0.25, 0.3) is 0 Å². The van der Waals surface area contributed by atoms with Crippen molar-refractivity contribution in [3.05, 3.63) is 187 Å². The number of para-hydroxylation sites is 4. The molecule has 0 atom stereocenters. The van der Waals surface area contributed by atoms with Crippen LogP contribution in [0.15, 0.2) is 176 Å². The van der Waals surface area contributed by atoms with Gasteiger partial charge in [-0.15, -0.1) is 0 Å². The number of fused-ring (bicyclic) bond motifs is 8. The number of ether oxygens (including phenoxy) is 1. The Kier molecular flexibility index (Phi) is 6.33. The van der Waals surface area contributed by atoms with E-state index >= 15 is 0 Å². The van der Waals surface area contributed by atoms with Gasteiger partial charge in [-0.05, 0) is 109 Å². The van der Waals surface area contributed by atoms with Crippen LogP contribution in [-0.4, -0.2) is 0 Å². The molecule has 1 heterocycles. The molecular weight excluding hydrogens is 643 g/mol. The summed E-state index contributed by atoms with van der Waals surface area (Å²) in [5.41, 5.74) is 13.4. The van der Waals surface area contributed by atoms with Crippen LogP contribution < -0.4 is 9.64 Å². The monoisotopic (exact) mass is 677 g/mol. The zero-order chi connectivity index (χ0) is 35.3. The van der Waals surface area contributed by atoms with E-state index in [4.69, 9.17) is 4.74 Å². The molecule has 0 amide bonds. The third-order valence-electron chi connectivity index (χ3n) is 11.6. The minimum absolute atomic E-state index is 0.106. The summed E-state index contributed by atoms with van der Waals surface area (Å²) in [7, 11) is 0. The molecular formula is C51H35NO. The number of nitrogens with zero attached hydrogens (tertiary/aromatic N) is 1. The summed E-state index contributed by atoms with van der Waals surface area (Å²) in [6, 6.07) is 64.3. The highest BCUT2D eigenvalue weighted by molar-refractivity contribution is 6.23. The number of hydrogen-bond donors (Lipinski definition) is 0. The SMILES string of the molecule is CC1(C)c2ccccc2-c2ccc(-c3c4ccccc4c(N4c5ccccc5Oc5ccccc54)c4ccc(-c5ccc6ccccc6c5)cc34)cc21. The molecule has 0 saturated heterocycles. The summed E-state index contributed by atoms with van der Waals surface area (Å²) in [5.74, 6) is 1.70. The maximum atomic E-state index is 6.51. The molecule has 0 aromatic heterocycles. The highest BCUT2D eigenvalue weighted by atomic mass is 16.5. The lowest BCUT2D eigenvalue weighted by molar-refractivity contribution is 0.477. The molecule has 1 aliphatic carbocycles. The molecule has 2 nitrogen and oxygen atoms in total. The summed E-state index contributed by atoms with van der Waals surface area (Å²) in [6.07, 6.45) is 0. The van der Waals surface area contributed by atoms with Crippen LogP contribution in [-0.2, 0) is 5.41 Å². The summed E-state index contributed by atoms with van der Waals surface area (Å²) in [6.45, 7) is 4.73. The number of anilines is 3. The van der Waals surface area contributed by atoms with Crippen LogP contribution in [0.3, 0.4) is 0 Å². The molecule has 11 rings (SSSR count). The summed E-state index contributed by atoms with van der Waals surface area (Å²) in [5, 5.41) is 7.32. The minimum Gasteiger partial charge on any atom is -0.453 e. The Morgan fingerprint density at radius 2 is 1.00 bits per heavy atom. The van der Waals surface area contributed by atoms with Gasteiger partial charge in [-0.25, -0.2) is 0 Å². The first-order valence-electron chi connectivity index (χ1n) is 18.4. The Morgan fingerprint density at radius 3 is 1.81 bits per heavy atom. The lowest BCUT2D eigenvalue weighted by Crippen LogP contribution is -2.16. The second kappa shape index (κ2) is 11.2. The van der Waals surface area contributed by atoms with E-state index in [-0.39, 0.29) is 5.41 Å². The Hall–Kier alpha value is -6.64. The second-order valence-electron chi connectivity index (χ2n) is 14.9. The van der Waals surface area contributed by atoms with Crippen molar-refractivity contribution in [1.82, 2.24) is 0 Å². The quantitative estimate of drug-likeness (QED) is 0.173. The third kappa shape index (κ3) is 4.39. The standard InChI is InChI=1S/C51H35NO/c1-51(2)43-18-8-7-15-37(43)38-27-26-36(31-44(38)51)49-39-16-5-6-17-40(39)50(52-45-19-9-11-21-47(45)53-48-22-12-10-20-46(48)52)41-28-25-35(30-42(41)49)34-24-23-32-13-3-4-14-33(32)29-34/h3-31H,1-2H3. The van der Waals surface area contributed by atoms with Crippen LogP contribution in [0.2, 0.25) is 0 Å². The van der Waals surface area contributed by atoms with E-state index in [0.717, 1.165) is 28.6 Å². The predicted octanol–water partition coefficient (Wildman–Crippen LogP) is 14.4. The van der Waals surface area contributed by atoms with Crippen molar-refractivity contribution in [2.75, 3.05) is 4.90 Å². The van der Waals surface area contributed by atoms with Crippen molar-refractivity contribution in [1.29, 1.82) is 0 Å². The second-order valence-corrected chi connectivity index (χ2v) is 14.9. The highest BCUT2D eigenvalue weighted by Crippen LogP contribution is 2.56. The molecule has 0 unspecified atom stereocenters. The molecule has 0 radical (unpaired) electrons. The molecule has 0 bridgehead atoms. The Morgan fingerprint density at radius 1 is 0.415 bits per heavy atom. The van der Waals surface area contributed by atoms with Gasteiger partial charge in [0.1, 0.15) is 0 Å². The van der Waals surface area contributed by atoms with Crippen LogP contribution in [0.5, 0.6) is 11.5 Å². The van der Waals surface area contributed by atoms with E-state index < -0.39 is 0 Å². The highest BCUT2D eigenvalue weighted by Gasteiger charge is 2.36. The lowest BCUT2D eigenvalue weighted by atomic mass is 9.80. The van der Waals surface area contributed by atoms with E-state index in [1.54, 1.807) is 0 Å². The van der Waals surface area contributed by atoms with Crippen LogP contribution >= 0.6 is 0 Å². The van der Waals surface area contributed by atoms with Gasteiger partial charge < -0.3 is 9.64 Å². The molecule has 0 fully saturated rings. The first-order chi connectivity index (χ1) is 26.0. The molecule has 2 aliphatic rings. The van der Waals surface area contributed by atoms with E-state index in [0.29, 0.717) is 0 Å². The minimum atomic E-state index is -0.106. The molecule has 0 N–H and O–H groups in total. The Bertz CT molecular complexity index is 2930. The van der Waals surface area contributed by atoms with Gasteiger partial charge in [0.15, 0.2) is 11.5 Å². The predicted molar refractivity (Wildman–Crippen MR) is 222 cm³/mol. The average Bonchev–Trinajstić information content (AvgIpc) is 3.44. The summed E-state index contributed by atoms with van der Waals surface area (Å²) >= 11 is 0. The van der Waals surface area contributed by atoms with Crippen LogP contribution in [0, 0.1) is 0 Å². The van der Waals surface area contributed by atoms with E-state index in [1.807, 2.05) is 12.1 Å². The van der Waals surface area contributed by atoms with Crippen molar-refractivity contribution in [2.45, 2.75) is 19.3 Å². The van der Waals surface area contributed by atoms with Gasteiger partial charge in [-0.1, -0.05) is 147 Å². The van der Waals surface area contributed by atoms with Gasteiger partial charge in [0.2, 0.25) is 0 Å². The normalized spacial score (nSPS) is 13.7. The smallest absolute Gasteiger partial charge is 0.151 e. The molecule has 9 aromatic carbocycles. The van der Waals surface area contributed by atoms with E-state index in [1.165, 1.54) is 76.8 Å². The topological polar surface area (TPSA) is 12.5 Å². The third-order valence-corrected chi connectivity index (χ3v) is 11.6. The fourth-order valence-electron chi connectivity index (χ4n) is 9.06. The van der Waals surface area contributed by atoms with Crippen LogP contribution in [0.25, 0.3) is 65.7 Å². The van der Waals surface area contributed by atoms with Gasteiger partial charge in [-0.2, -0.15) is 0 Å². The molecule has 0 saturated carbocycles. The fraction of sp³-hybridized carbons (Fsp3) is 0.0588. The maximum Gasteiger partial charge on any atom is 0.151 e. The molecule has 53 heavy (non-hydrogen) atoms. The van der Waals surface area contributed by atoms with Gasteiger partial charge >= 0.3 is 0 Å². The largest absolute Gasteiger partial charge is 0.453 e. The maximum absolute atomic E-state index is 6.51. The van der Waals surface area contributed by atoms with Crippen LogP contribution in [0.4, 0.5) is 17.1 Å². The molecule has 1 aliphatic heterocycles. The zero-order valence-electron chi connectivity index (χ0n) is 29.6. The first-order valence-corrected chi connectivity index (χ1v) is 18.4. The van der Waals surface area contributed by atoms with Crippen molar-refractivity contribution < 1.29 is 4.74 Å². The first kappa shape index (κ1) is 30.0. The van der Waals surface area contributed by atoms with Crippen molar-refractivity contribution >= 4 is 49.4 Å². The van der Waals surface area contributed by atoms with E-state index in [2.05, 4.69) is 183 Å². The Balaban J connectivity index is 1.24. The van der Waals surface area contributed by atoms with Crippen molar-refractivity contribution in [3.63, 3.8) is 0 Å². The van der Waals surface area contributed by atoms with Gasteiger partial charge in [0.05, 0.1) is 17.1 Å². The van der Waals surface area contributed by atoms with Crippen molar-refractivity contribution in [2.24, 2.45) is 0 Å².